The normalized spacial score (nSPS) is 11.5. The lowest BCUT2D eigenvalue weighted by Gasteiger charge is -2.15. The highest BCUT2D eigenvalue weighted by Gasteiger charge is 2.23. The van der Waals surface area contributed by atoms with E-state index in [1.165, 1.54) is 42.8 Å². The fraction of sp³-hybridized carbons (Fsp3) is 0. The van der Waals surface area contributed by atoms with Crippen LogP contribution in [0.15, 0.2) is 218 Å². The highest BCUT2D eigenvalue weighted by Crippen LogP contribution is 2.48. The zero-order valence-electron chi connectivity index (χ0n) is 33.5. The van der Waals surface area contributed by atoms with Crippen LogP contribution in [0.4, 0.5) is 0 Å². The van der Waals surface area contributed by atoms with Crippen LogP contribution in [0.25, 0.3) is 115 Å². The third-order valence-electron chi connectivity index (χ3n) is 11.9. The number of aromatic nitrogens is 4. The maximum Gasteiger partial charge on any atom is 0.165 e. The summed E-state index contributed by atoms with van der Waals surface area (Å²) in [6, 6.07) is 77.5. The zero-order chi connectivity index (χ0) is 41.0. The molecule has 290 valence electrons. The van der Waals surface area contributed by atoms with Crippen LogP contribution in [0.3, 0.4) is 0 Å². The summed E-state index contributed by atoms with van der Waals surface area (Å²) in [6.45, 7) is 0. The molecule has 3 aromatic heterocycles. The topological polar surface area (TPSA) is 43.6 Å². The van der Waals surface area contributed by atoms with Crippen molar-refractivity contribution in [2.45, 2.75) is 0 Å². The van der Waals surface area contributed by atoms with Crippen molar-refractivity contribution in [2.24, 2.45) is 0 Å². The summed E-state index contributed by atoms with van der Waals surface area (Å²) in [6.07, 6.45) is 0. The van der Waals surface area contributed by atoms with Crippen molar-refractivity contribution in [3.05, 3.63) is 218 Å². The SMILES string of the molecule is c1ccc(-c2ccc(-c3ccccc3)c(-c3cc(-c4nc(-c5ccccc5)nc(-c5ccccc5)n4)c4sc5c(ccc6c5c5ccccc5n6-c5ccccc5)c4c3)c2)cc1. The molecule has 0 radical (unpaired) electrons. The van der Waals surface area contributed by atoms with E-state index in [1.54, 1.807) is 0 Å². The van der Waals surface area contributed by atoms with Crippen LogP contribution in [0, 0.1) is 0 Å². The maximum absolute atomic E-state index is 5.34. The molecule has 62 heavy (non-hydrogen) atoms. The Morgan fingerprint density at radius 1 is 0.306 bits per heavy atom. The van der Waals surface area contributed by atoms with Gasteiger partial charge in [0.25, 0.3) is 0 Å². The summed E-state index contributed by atoms with van der Waals surface area (Å²) >= 11 is 1.83. The van der Waals surface area contributed by atoms with Gasteiger partial charge in [0.2, 0.25) is 0 Å². The van der Waals surface area contributed by atoms with Crippen molar-refractivity contribution in [2.75, 3.05) is 0 Å². The highest BCUT2D eigenvalue weighted by molar-refractivity contribution is 7.27. The summed E-state index contributed by atoms with van der Waals surface area (Å²) in [4.78, 5) is 15.8. The Hall–Kier alpha value is -7.99. The van der Waals surface area contributed by atoms with Crippen LogP contribution in [0.1, 0.15) is 0 Å². The lowest BCUT2D eigenvalue weighted by Crippen LogP contribution is -2.00. The van der Waals surface area contributed by atoms with Crippen LogP contribution in [-0.2, 0) is 0 Å². The molecule has 0 bridgehead atoms. The van der Waals surface area contributed by atoms with Crippen molar-refractivity contribution in [3.8, 4) is 73.2 Å². The van der Waals surface area contributed by atoms with E-state index in [0.717, 1.165) is 54.9 Å². The Labute approximate surface area is 362 Å². The summed E-state index contributed by atoms with van der Waals surface area (Å²) in [5, 5.41) is 4.85. The fourth-order valence-electron chi connectivity index (χ4n) is 8.96. The summed E-state index contributed by atoms with van der Waals surface area (Å²) in [5.74, 6) is 1.91. The Morgan fingerprint density at radius 3 is 1.52 bits per heavy atom. The van der Waals surface area contributed by atoms with Crippen LogP contribution < -0.4 is 0 Å². The van der Waals surface area contributed by atoms with Crippen LogP contribution in [0.5, 0.6) is 0 Å². The number of para-hydroxylation sites is 2. The first kappa shape index (κ1) is 35.9. The zero-order valence-corrected chi connectivity index (χ0v) is 34.3. The minimum atomic E-state index is 0.637. The van der Waals surface area contributed by atoms with Gasteiger partial charge in [0.15, 0.2) is 17.5 Å². The molecule has 0 amide bonds. The molecule has 0 fully saturated rings. The average Bonchev–Trinajstić information content (AvgIpc) is 3.91. The van der Waals surface area contributed by atoms with Gasteiger partial charge in [-0.25, -0.2) is 15.0 Å². The van der Waals surface area contributed by atoms with Crippen molar-refractivity contribution in [1.82, 2.24) is 19.5 Å². The number of nitrogens with zero attached hydrogens (tertiary/aromatic N) is 4. The summed E-state index contributed by atoms with van der Waals surface area (Å²) in [7, 11) is 0. The highest BCUT2D eigenvalue weighted by atomic mass is 32.1. The van der Waals surface area contributed by atoms with E-state index < -0.39 is 0 Å². The second-order valence-electron chi connectivity index (χ2n) is 15.6. The van der Waals surface area contributed by atoms with E-state index in [-0.39, 0.29) is 0 Å². The Balaban J connectivity index is 1.20. The number of hydrogen-bond donors (Lipinski definition) is 0. The monoisotopic (exact) mass is 808 g/mol. The van der Waals surface area contributed by atoms with E-state index in [1.807, 2.05) is 47.7 Å². The largest absolute Gasteiger partial charge is 0.309 e. The summed E-state index contributed by atoms with van der Waals surface area (Å²) in [5.41, 5.74) is 13.2. The molecule has 0 aliphatic heterocycles. The molecule has 0 spiro atoms. The molecule has 0 saturated carbocycles. The van der Waals surface area contributed by atoms with Gasteiger partial charge in [-0.3, -0.25) is 0 Å². The molecule has 5 heteroatoms. The molecule has 0 aliphatic carbocycles. The van der Waals surface area contributed by atoms with Crippen molar-refractivity contribution >= 4 is 53.3 Å². The lowest BCUT2D eigenvalue weighted by atomic mass is 9.89. The van der Waals surface area contributed by atoms with Gasteiger partial charge in [-0.1, -0.05) is 176 Å². The van der Waals surface area contributed by atoms with Gasteiger partial charge in [0.05, 0.1) is 11.0 Å². The molecule has 0 atom stereocenters. The van der Waals surface area contributed by atoms with Gasteiger partial charge >= 0.3 is 0 Å². The minimum Gasteiger partial charge on any atom is -0.309 e. The van der Waals surface area contributed by atoms with Gasteiger partial charge in [-0.2, -0.15) is 0 Å². The number of hydrogen-bond acceptors (Lipinski definition) is 4. The first-order chi connectivity index (χ1) is 30.7. The van der Waals surface area contributed by atoms with Gasteiger partial charge in [0.1, 0.15) is 0 Å². The standard InChI is InChI=1S/C57H36N4S/c1-6-18-37(19-7-1)41-30-31-44(38-20-8-2-9-21-38)47(34-41)42-35-48-45-32-33-51-52(46-28-16-17-29-50(46)61(51)43-26-14-5-15-27-43)54(45)62-53(48)49(36-42)57-59-55(39-22-10-3-11-23-39)58-56(60-57)40-24-12-4-13-25-40/h1-36H. The molecule has 12 aromatic rings. The van der Waals surface area contributed by atoms with Gasteiger partial charge in [-0.15, -0.1) is 11.3 Å². The minimum absolute atomic E-state index is 0.637. The lowest BCUT2D eigenvalue weighted by molar-refractivity contribution is 1.08. The van der Waals surface area contributed by atoms with Crippen molar-refractivity contribution < 1.29 is 0 Å². The number of thiophene rings is 1. The molecule has 0 saturated heterocycles. The molecular weight excluding hydrogens is 773 g/mol. The number of rotatable bonds is 7. The predicted molar refractivity (Wildman–Crippen MR) is 260 cm³/mol. The van der Waals surface area contributed by atoms with Gasteiger partial charge < -0.3 is 4.57 Å². The molecule has 3 heterocycles. The van der Waals surface area contributed by atoms with E-state index in [9.17, 15) is 0 Å². The molecular formula is C57H36N4S. The molecule has 0 N–H and O–H groups in total. The van der Waals surface area contributed by atoms with Crippen LogP contribution >= 0.6 is 11.3 Å². The molecule has 9 aromatic carbocycles. The van der Waals surface area contributed by atoms with Gasteiger partial charge in [-0.05, 0) is 75.8 Å². The smallest absolute Gasteiger partial charge is 0.165 e. The first-order valence-electron chi connectivity index (χ1n) is 20.9. The summed E-state index contributed by atoms with van der Waals surface area (Å²) < 4.78 is 4.77. The van der Waals surface area contributed by atoms with Crippen molar-refractivity contribution in [1.29, 1.82) is 0 Å². The molecule has 0 unspecified atom stereocenters. The molecule has 0 aliphatic rings. The Kier molecular flexibility index (Phi) is 8.65. The van der Waals surface area contributed by atoms with Crippen LogP contribution in [-0.4, -0.2) is 19.5 Å². The third-order valence-corrected chi connectivity index (χ3v) is 13.1. The average molecular weight is 809 g/mol. The second kappa shape index (κ2) is 14.9. The molecule has 4 nitrogen and oxygen atoms in total. The van der Waals surface area contributed by atoms with E-state index >= 15 is 0 Å². The number of fused-ring (bicyclic) bond motifs is 7. The van der Waals surface area contributed by atoms with Gasteiger partial charge in [0, 0.05) is 53.3 Å². The van der Waals surface area contributed by atoms with E-state index in [0.29, 0.717) is 17.5 Å². The van der Waals surface area contributed by atoms with Crippen LogP contribution in [0.2, 0.25) is 0 Å². The first-order valence-corrected chi connectivity index (χ1v) is 21.7. The predicted octanol–water partition coefficient (Wildman–Crippen LogP) is 15.3. The fourth-order valence-corrected chi connectivity index (χ4v) is 10.3. The molecule has 12 rings (SSSR count). The van der Waals surface area contributed by atoms with E-state index in [4.69, 9.17) is 15.0 Å². The second-order valence-corrected chi connectivity index (χ2v) is 16.6. The number of benzene rings is 9. The maximum atomic E-state index is 5.34. The van der Waals surface area contributed by atoms with E-state index in [2.05, 4.69) is 187 Å². The Morgan fingerprint density at radius 2 is 0.855 bits per heavy atom. The van der Waals surface area contributed by atoms with Crippen molar-refractivity contribution in [3.63, 3.8) is 0 Å². The quantitative estimate of drug-likeness (QED) is 0.161. The Bertz CT molecular complexity index is 3540. The third kappa shape index (κ3) is 6.09.